The quantitative estimate of drug-likeness (QED) is 0.341. The number of nitrogens with zero attached hydrogens (tertiary/aromatic N) is 2. The summed E-state index contributed by atoms with van der Waals surface area (Å²) in [6.07, 6.45) is 0. The van der Waals surface area contributed by atoms with Crippen molar-refractivity contribution >= 4 is 13.4 Å². The highest BCUT2D eigenvalue weighted by atomic mass is 14.6. The van der Waals surface area contributed by atoms with Gasteiger partial charge < -0.3 is 16.7 Å². The summed E-state index contributed by atoms with van der Waals surface area (Å²) in [5, 5.41) is 0. The molecular formula is C6H17N2-. The van der Waals surface area contributed by atoms with Crippen LogP contribution in [0.1, 0.15) is 14.9 Å². The van der Waals surface area contributed by atoms with Crippen LogP contribution in [0.4, 0.5) is 0 Å². The van der Waals surface area contributed by atoms with Crippen LogP contribution >= 0.6 is 0 Å². The van der Waals surface area contributed by atoms with Gasteiger partial charge in [0.05, 0.1) is 0 Å². The predicted octanol–water partition coefficient (Wildman–Crippen LogP) is 1.78. The highest BCUT2D eigenvalue weighted by Crippen LogP contribution is 1.22. The molecular weight excluding hydrogens is 100 g/mol. The van der Waals surface area contributed by atoms with E-state index >= 15 is 0 Å². The molecule has 52 valence electrons. The minimum absolute atomic E-state index is 0. The average molecular weight is 117 g/mol. The van der Waals surface area contributed by atoms with Gasteiger partial charge in [-0.15, -0.1) is 0 Å². The number of aliphatic imine (C=N–C) groups is 2. The van der Waals surface area contributed by atoms with Crippen molar-refractivity contribution in [2.75, 3.05) is 14.1 Å². The second-order valence-electron chi connectivity index (χ2n) is 0.574. The van der Waals surface area contributed by atoms with Crippen molar-refractivity contribution in [3.63, 3.8) is 0 Å². The van der Waals surface area contributed by atoms with Gasteiger partial charge in [0, 0.05) is 7.05 Å². The standard InChI is InChI=1S/C2H5N.C2H4N.2CH4/c2*1-3-2;;/h1H2,2H3;1H,2H3;2*1H4/q;-1;;. The second kappa shape index (κ2) is 101. The molecule has 0 unspecified atom stereocenters. The molecule has 2 heteroatoms. The third-order valence-corrected chi connectivity index (χ3v) is 0. The van der Waals surface area contributed by atoms with Gasteiger partial charge in [-0.25, -0.2) is 0 Å². The number of rotatable bonds is 0. The summed E-state index contributed by atoms with van der Waals surface area (Å²) >= 11 is 0. The molecule has 0 aliphatic rings. The lowest BCUT2D eigenvalue weighted by Crippen LogP contribution is -1.26. The second-order valence-corrected chi connectivity index (χ2v) is 0.574. The Bertz CT molecular complexity index is 27.5. The monoisotopic (exact) mass is 117 g/mol. The van der Waals surface area contributed by atoms with Crippen LogP contribution in [0.5, 0.6) is 0 Å². The summed E-state index contributed by atoms with van der Waals surface area (Å²) in [6.45, 7) is 7.58. The van der Waals surface area contributed by atoms with E-state index < -0.39 is 0 Å². The molecule has 0 amide bonds. The SMILES string of the molecule is C.C.C=NC.[CH-]=NC. The topological polar surface area (TPSA) is 24.7 Å². The van der Waals surface area contributed by atoms with Crippen LogP contribution < -0.4 is 0 Å². The predicted molar refractivity (Wildman–Crippen MR) is 43.4 cm³/mol. The molecule has 0 aromatic heterocycles. The summed E-state index contributed by atoms with van der Waals surface area (Å²) in [4.78, 5) is 6.25. The average Bonchev–Trinajstić information content (AvgIpc) is 1.39. The highest BCUT2D eigenvalue weighted by Gasteiger charge is 1.09. The van der Waals surface area contributed by atoms with Gasteiger partial charge in [-0.3, -0.25) is 0 Å². The molecule has 0 heterocycles. The summed E-state index contributed by atoms with van der Waals surface area (Å²) in [5.74, 6) is 0. The fourth-order valence-electron chi connectivity index (χ4n) is 0. The number of hydrogen-bond donors (Lipinski definition) is 0. The zero-order valence-corrected chi connectivity index (χ0v) is 4.18. The molecule has 8 heavy (non-hydrogen) atoms. The van der Waals surface area contributed by atoms with Crippen LogP contribution in [0.15, 0.2) is 9.98 Å². The fraction of sp³-hybridized carbons (Fsp3) is 0.667. The number of hydrogen-bond acceptors (Lipinski definition) is 2. The Morgan fingerprint density at radius 1 is 1.25 bits per heavy atom. The summed E-state index contributed by atoms with van der Waals surface area (Å²) < 4.78 is 0. The van der Waals surface area contributed by atoms with Crippen molar-refractivity contribution in [3.05, 3.63) is 0 Å². The van der Waals surface area contributed by atoms with E-state index in [1.54, 1.807) is 7.05 Å². The first-order chi connectivity index (χ1) is 2.83. The van der Waals surface area contributed by atoms with E-state index in [1.165, 1.54) is 7.05 Å². The maximum Gasteiger partial charge on any atom is 0.0269 e. The molecule has 0 aromatic carbocycles. The third-order valence-electron chi connectivity index (χ3n) is 0. The van der Waals surface area contributed by atoms with Crippen molar-refractivity contribution < 1.29 is 0 Å². The largest absolute Gasteiger partial charge is 0.509 e. The Labute approximate surface area is 53.4 Å². The molecule has 0 bridgehead atoms. The van der Waals surface area contributed by atoms with Crippen LogP contribution in [-0.2, 0) is 0 Å². The molecule has 0 saturated heterocycles. The van der Waals surface area contributed by atoms with Crippen molar-refractivity contribution in [2.45, 2.75) is 14.9 Å². The molecule has 0 N–H and O–H groups in total. The van der Waals surface area contributed by atoms with Gasteiger partial charge in [0.15, 0.2) is 0 Å². The van der Waals surface area contributed by atoms with E-state index in [1.807, 2.05) is 0 Å². The maximum atomic E-state index is 4.47. The highest BCUT2D eigenvalue weighted by molar-refractivity contribution is 5.22. The summed E-state index contributed by atoms with van der Waals surface area (Å²) in [6, 6.07) is 0. The summed E-state index contributed by atoms with van der Waals surface area (Å²) in [7, 11) is 3.17. The van der Waals surface area contributed by atoms with Gasteiger partial charge in [0.1, 0.15) is 0 Å². The zero-order chi connectivity index (χ0) is 5.41. The van der Waals surface area contributed by atoms with Gasteiger partial charge >= 0.3 is 0 Å². The Balaban J connectivity index is -0.0000000160. The minimum Gasteiger partial charge on any atom is -0.509 e. The normalized spacial score (nSPS) is 3.25. The maximum absolute atomic E-state index is 4.47. The first kappa shape index (κ1) is 26.4. The molecule has 0 saturated carbocycles. The zero-order valence-electron chi connectivity index (χ0n) is 4.18. The van der Waals surface area contributed by atoms with Crippen molar-refractivity contribution in [1.82, 2.24) is 0 Å². The van der Waals surface area contributed by atoms with Crippen LogP contribution in [0.3, 0.4) is 0 Å². The van der Waals surface area contributed by atoms with E-state index in [2.05, 4.69) is 23.4 Å². The Hall–Kier alpha value is -0.660. The molecule has 2 nitrogen and oxygen atoms in total. The first-order valence-corrected chi connectivity index (χ1v) is 1.47. The van der Waals surface area contributed by atoms with E-state index in [0.717, 1.165) is 0 Å². The lowest BCUT2D eigenvalue weighted by atomic mass is 11.4. The first-order valence-electron chi connectivity index (χ1n) is 1.47. The van der Waals surface area contributed by atoms with Gasteiger partial charge in [-0.05, 0) is 13.8 Å². The van der Waals surface area contributed by atoms with Crippen LogP contribution in [-0.4, -0.2) is 27.5 Å². The fourth-order valence-corrected chi connectivity index (χ4v) is 0. The van der Waals surface area contributed by atoms with E-state index in [4.69, 9.17) is 0 Å². The Kier molecular flexibility index (Phi) is 333. The molecule has 0 radical (unpaired) electrons. The van der Waals surface area contributed by atoms with Crippen molar-refractivity contribution in [3.8, 4) is 0 Å². The van der Waals surface area contributed by atoms with Crippen LogP contribution in [0.2, 0.25) is 0 Å². The van der Waals surface area contributed by atoms with Gasteiger partial charge in [-0.1, -0.05) is 14.9 Å². The Morgan fingerprint density at radius 2 is 1.25 bits per heavy atom. The minimum atomic E-state index is 0. The molecule has 0 atom stereocenters. The van der Waals surface area contributed by atoms with Gasteiger partial charge in [0.2, 0.25) is 0 Å². The Morgan fingerprint density at radius 3 is 1.25 bits per heavy atom. The summed E-state index contributed by atoms with van der Waals surface area (Å²) in [5.41, 5.74) is 0. The van der Waals surface area contributed by atoms with E-state index in [-0.39, 0.29) is 14.9 Å². The van der Waals surface area contributed by atoms with Crippen molar-refractivity contribution in [2.24, 2.45) is 9.98 Å². The molecule has 0 aliphatic carbocycles. The lowest BCUT2D eigenvalue weighted by molar-refractivity contribution is 1.49. The van der Waals surface area contributed by atoms with E-state index in [0.29, 0.717) is 0 Å². The molecule has 0 rings (SSSR count). The van der Waals surface area contributed by atoms with Gasteiger partial charge in [-0.2, -0.15) is 0 Å². The molecule has 0 aliphatic heterocycles. The lowest BCUT2D eigenvalue weighted by Gasteiger charge is -1.58. The van der Waals surface area contributed by atoms with Crippen molar-refractivity contribution in [1.29, 1.82) is 0 Å². The third kappa shape index (κ3) is 231. The molecule has 0 aromatic rings. The van der Waals surface area contributed by atoms with E-state index in [9.17, 15) is 0 Å². The van der Waals surface area contributed by atoms with Crippen LogP contribution in [0.25, 0.3) is 0 Å². The molecule has 0 spiro atoms. The molecule has 0 fully saturated rings. The smallest absolute Gasteiger partial charge is 0.0269 e. The van der Waals surface area contributed by atoms with Crippen LogP contribution in [0, 0.1) is 0 Å². The van der Waals surface area contributed by atoms with Gasteiger partial charge in [0.25, 0.3) is 0 Å².